The smallest absolute Gasteiger partial charge is 0.325 e. The van der Waals surface area contributed by atoms with Crippen LogP contribution < -0.4 is 20.1 Å². The molecule has 1 aromatic carbocycles. The van der Waals surface area contributed by atoms with Gasteiger partial charge >= 0.3 is 5.97 Å². The molecular formula is C25H36N4O6. The molecule has 35 heavy (non-hydrogen) atoms. The van der Waals surface area contributed by atoms with Gasteiger partial charge in [-0.3, -0.25) is 19.1 Å². The van der Waals surface area contributed by atoms with E-state index in [1.807, 2.05) is 25.1 Å². The molecular weight excluding hydrogens is 452 g/mol. The highest BCUT2D eigenvalue weighted by atomic mass is 16.5. The largest absolute Gasteiger partial charge is 0.496 e. The second kappa shape index (κ2) is 13.4. The molecule has 1 aromatic heterocycles. The first-order valence-electron chi connectivity index (χ1n) is 11.7. The average Bonchev–Trinajstić information content (AvgIpc) is 3.26. The van der Waals surface area contributed by atoms with Gasteiger partial charge in [0.1, 0.15) is 24.1 Å². The summed E-state index contributed by atoms with van der Waals surface area (Å²) in [7, 11) is 4.38. The van der Waals surface area contributed by atoms with Crippen molar-refractivity contribution in [3.05, 3.63) is 30.0 Å². The van der Waals surface area contributed by atoms with Crippen LogP contribution in [0.25, 0.3) is 11.3 Å². The second-order valence-corrected chi connectivity index (χ2v) is 8.49. The highest BCUT2D eigenvalue weighted by molar-refractivity contribution is 5.97. The predicted molar refractivity (Wildman–Crippen MR) is 131 cm³/mol. The quantitative estimate of drug-likeness (QED) is 0.416. The van der Waals surface area contributed by atoms with Crippen molar-refractivity contribution in [3.8, 4) is 22.8 Å². The molecule has 0 spiro atoms. The zero-order chi connectivity index (χ0) is 26.0. The summed E-state index contributed by atoms with van der Waals surface area (Å²) >= 11 is 0. The number of methoxy groups -OCH3 is 3. The summed E-state index contributed by atoms with van der Waals surface area (Å²) < 4.78 is 17.4. The van der Waals surface area contributed by atoms with Crippen molar-refractivity contribution in [1.82, 2.24) is 20.4 Å². The van der Waals surface area contributed by atoms with Gasteiger partial charge in [-0.25, -0.2) is 0 Å². The van der Waals surface area contributed by atoms with E-state index in [0.717, 1.165) is 12.8 Å². The Morgan fingerprint density at radius 1 is 1.09 bits per heavy atom. The van der Waals surface area contributed by atoms with E-state index >= 15 is 0 Å². The Morgan fingerprint density at radius 3 is 2.29 bits per heavy atom. The molecule has 0 radical (unpaired) electrons. The monoisotopic (exact) mass is 488 g/mol. The number of amides is 2. The molecule has 0 saturated heterocycles. The minimum Gasteiger partial charge on any atom is -0.496 e. The van der Waals surface area contributed by atoms with E-state index in [0.29, 0.717) is 35.7 Å². The lowest BCUT2D eigenvalue weighted by molar-refractivity contribution is -0.141. The molecule has 2 N–H and O–H groups in total. The zero-order valence-corrected chi connectivity index (χ0v) is 21.3. The van der Waals surface area contributed by atoms with Crippen LogP contribution in [0.3, 0.4) is 0 Å². The van der Waals surface area contributed by atoms with Gasteiger partial charge in [-0.1, -0.05) is 39.7 Å². The van der Waals surface area contributed by atoms with Gasteiger partial charge in [-0.2, -0.15) is 5.10 Å². The number of carbonyl (C=O) groups is 3. The third-order valence-corrected chi connectivity index (χ3v) is 5.34. The number of rotatable bonds is 13. The topological polar surface area (TPSA) is 121 Å². The lowest BCUT2D eigenvalue weighted by Crippen LogP contribution is -2.48. The van der Waals surface area contributed by atoms with Crippen LogP contribution >= 0.6 is 0 Å². The molecule has 10 nitrogen and oxygen atoms in total. The first kappa shape index (κ1) is 27.7. The predicted octanol–water partition coefficient (Wildman–Crippen LogP) is 2.80. The SMILES string of the molecule is CCCC[C@H](NC(=O)c1cc(-c2c(OC)cccc2OC)n(CC(C)C)n1)C(=O)NCC(=O)OC. The van der Waals surface area contributed by atoms with Crippen molar-refractivity contribution in [1.29, 1.82) is 0 Å². The Kier molecular flexibility index (Phi) is 10.6. The zero-order valence-electron chi connectivity index (χ0n) is 21.3. The maximum Gasteiger partial charge on any atom is 0.325 e. The molecule has 10 heteroatoms. The van der Waals surface area contributed by atoms with Crippen LogP contribution in [0.1, 0.15) is 50.5 Å². The van der Waals surface area contributed by atoms with Gasteiger partial charge in [-0.15, -0.1) is 0 Å². The highest BCUT2D eigenvalue weighted by Gasteiger charge is 2.25. The molecule has 0 aliphatic heterocycles. The standard InChI is InChI=1S/C25H36N4O6/c1-7-8-10-17(24(31)26-14-22(30)35-6)27-25(32)18-13-19(29(28-18)15-16(2)3)23-20(33-4)11-9-12-21(23)34-5/h9,11-13,16-17H,7-8,10,14-15H2,1-6H3,(H,26,31)(H,27,32)/t17-/m0/s1. The van der Waals surface area contributed by atoms with Crippen molar-refractivity contribution >= 4 is 17.8 Å². The minimum atomic E-state index is -0.813. The Bertz CT molecular complexity index is 995. The van der Waals surface area contributed by atoms with E-state index in [-0.39, 0.29) is 18.2 Å². The summed E-state index contributed by atoms with van der Waals surface area (Å²) in [6.45, 7) is 6.39. The molecule has 0 bridgehead atoms. The van der Waals surface area contributed by atoms with Crippen LogP contribution in [0.5, 0.6) is 11.5 Å². The lowest BCUT2D eigenvalue weighted by atomic mass is 10.1. The van der Waals surface area contributed by atoms with Crippen molar-refractivity contribution in [2.24, 2.45) is 5.92 Å². The van der Waals surface area contributed by atoms with Crippen molar-refractivity contribution in [3.63, 3.8) is 0 Å². The highest BCUT2D eigenvalue weighted by Crippen LogP contribution is 2.38. The maximum absolute atomic E-state index is 13.2. The molecule has 0 fully saturated rings. The summed E-state index contributed by atoms with van der Waals surface area (Å²) in [5.74, 6) is -0.0794. The van der Waals surface area contributed by atoms with E-state index in [4.69, 9.17) is 9.47 Å². The van der Waals surface area contributed by atoms with Gasteiger partial charge in [0.15, 0.2) is 5.69 Å². The fourth-order valence-corrected chi connectivity index (χ4v) is 3.58. The number of ether oxygens (including phenoxy) is 3. The molecule has 0 unspecified atom stereocenters. The molecule has 0 aliphatic rings. The van der Waals surface area contributed by atoms with Gasteiger partial charge in [0.2, 0.25) is 5.91 Å². The van der Waals surface area contributed by atoms with Gasteiger partial charge in [0, 0.05) is 6.54 Å². The summed E-state index contributed by atoms with van der Waals surface area (Å²) in [6, 6.07) is 6.31. The van der Waals surface area contributed by atoms with Gasteiger partial charge in [0.05, 0.1) is 32.6 Å². The molecule has 1 atom stereocenters. The number of aromatic nitrogens is 2. The van der Waals surface area contributed by atoms with Gasteiger partial charge in [0.25, 0.3) is 5.91 Å². The number of hydrogen-bond acceptors (Lipinski definition) is 7. The van der Waals surface area contributed by atoms with E-state index in [1.54, 1.807) is 25.0 Å². The van der Waals surface area contributed by atoms with Crippen molar-refractivity contribution in [2.75, 3.05) is 27.9 Å². The molecule has 192 valence electrons. The molecule has 2 aromatic rings. The number of unbranched alkanes of at least 4 members (excludes halogenated alkanes) is 1. The normalized spacial score (nSPS) is 11.6. The van der Waals surface area contributed by atoms with Crippen LogP contribution in [-0.2, 0) is 20.9 Å². The van der Waals surface area contributed by atoms with Crippen LogP contribution in [-0.4, -0.2) is 61.5 Å². The number of nitrogens with zero attached hydrogens (tertiary/aromatic N) is 2. The first-order valence-corrected chi connectivity index (χ1v) is 11.7. The van der Waals surface area contributed by atoms with E-state index in [9.17, 15) is 14.4 Å². The average molecular weight is 489 g/mol. The number of carbonyl (C=O) groups excluding carboxylic acids is 3. The fourth-order valence-electron chi connectivity index (χ4n) is 3.58. The van der Waals surface area contributed by atoms with E-state index < -0.39 is 23.8 Å². The number of hydrogen-bond donors (Lipinski definition) is 2. The third kappa shape index (κ3) is 7.46. The molecule has 0 aliphatic carbocycles. The first-order chi connectivity index (χ1) is 16.7. The van der Waals surface area contributed by atoms with Gasteiger partial charge < -0.3 is 24.8 Å². The summed E-state index contributed by atoms with van der Waals surface area (Å²) in [4.78, 5) is 37.2. The number of esters is 1. The van der Waals surface area contributed by atoms with Crippen LogP contribution in [0.4, 0.5) is 0 Å². The van der Waals surface area contributed by atoms with Crippen LogP contribution in [0.15, 0.2) is 24.3 Å². The molecule has 1 heterocycles. The summed E-state index contributed by atoms with van der Waals surface area (Å²) in [5.41, 5.74) is 1.51. The van der Waals surface area contributed by atoms with Crippen LogP contribution in [0.2, 0.25) is 0 Å². The molecule has 2 rings (SSSR count). The van der Waals surface area contributed by atoms with E-state index in [1.165, 1.54) is 7.11 Å². The lowest BCUT2D eigenvalue weighted by Gasteiger charge is -2.17. The number of benzene rings is 1. The molecule has 0 saturated carbocycles. The maximum atomic E-state index is 13.2. The Balaban J connectivity index is 2.39. The van der Waals surface area contributed by atoms with Gasteiger partial charge in [-0.05, 0) is 30.5 Å². The van der Waals surface area contributed by atoms with Crippen molar-refractivity contribution in [2.45, 2.75) is 52.6 Å². The Labute approximate surface area is 206 Å². The Morgan fingerprint density at radius 2 is 1.74 bits per heavy atom. The fraction of sp³-hybridized carbons (Fsp3) is 0.520. The third-order valence-electron chi connectivity index (χ3n) is 5.34. The van der Waals surface area contributed by atoms with Crippen molar-refractivity contribution < 1.29 is 28.6 Å². The van der Waals surface area contributed by atoms with Crippen LogP contribution in [0, 0.1) is 5.92 Å². The summed E-state index contributed by atoms with van der Waals surface area (Å²) in [5, 5.41) is 9.83. The summed E-state index contributed by atoms with van der Waals surface area (Å²) in [6.07, 6.45) is 1.99. The Hall–Kier alpha value is -3.56. The second-order valence-electron chi connectivity index (χ2n) is 8.49. The minimum absolute atomic E-state index is 0.163. The molecule has 2 amide bonds. The van der Waals surface area contributed by atoms with E-state index in [2.05, 4.69) is 34.3 Å². The number of nitrogens with one attached hydrogen (secondary N) is 2.